The van der Waals surface area contributed by atoms with Crippen molar-refractivity contribution in [2.75, 3.05) is 5.73 Å². The topological polar surface area (TPSA) is 72.5 Å². The number of carboxylic acids is 1. The minimum atomic E-state index is -1.25. The number of aryl methyl sites for hydroxylation is 1. The summed E-state index contributed by atoms with van der Waals surface area (Å²) in [5.74, 6) is -1.84. The fraction of sp³-hybridized carbons (Fsp3) is 0.0714. The number of ether oxygens (including phenoxy) is 1. The smallest absolute Gasteiger partial charge is 0.337 e. The second kappa shape index (κ2) is 5.38. The van der Waals surface area contributed by atoms with E-state index in [1.54, 1.807) is 25.1 Å². The molecule has 104 valence electrons. The van der Waals surface area contributed by atoms with Crippen LogP contribution in [0.3, 0.4) is 0 Å². The number of carboxylic acid groups (broad SMARTS) is 1. The van der Waals surface area contributed by atoms with Gasteiger partial charge in [-0.05, 0) is 30.7 Å². The highest BCUT2D eigenvalue weighted by Crippen LogP contribution is 2.30. The molecule has 0 radical (unpaired) electrons. The lowest BCUT2D eigenvalue weighted by molar-refractivity contribution is 0.0697. The Hall–Kier alpha value is -2.27. The third kappa shape index (κ3) is 2.83. The Kier molecular flexibility index (Phi) is 3.81. The molecule has 0 spiro atoms. The van der Waals surface area contributed by atoms with Crippen LogP contribution in [0.5, 0.6) is 11.5 Å². The van der Waals surface area contributed by atoms with Gasteiger partial charge >= 0.3 is 5.97 Å². The molecule has 2 aromatic rings. The number of rotatable bonds is 3. The van der Waals surface area contributed by atoms with E-state index in [0.29, 0.717) is 10.8 Å². The van der Waals surface area contributed by atoms with Gasteiger partial charge in [0.15, 0.2) is 11.6 Å². The highest BCUT2D eigenvalue weighted by molar-refractivity contribution is 6.31. The number of benzene rings is 2. The lowest BCUT2D eigenvalue weighted by Gasteiger charge is -2.10. The van der Waals surface area contributed by atoms with Crippen molar-refractivity contribution in [3.8, 4) is 11.5 Å². The maximum Gasteiger partial charge on any atom is 0.337 e. The van der Waals surface area contributed by atoms with Crippen molar-refractivity contribution >= 4 is 23.3 Å². The molecule has 0 amide bonds. The molecule has 20 heavy (non-hydrogen) atoms. The number of nitrogen functional groups attached to an aromatic ring is 1. The zero-order valence-corrected chi connectivity index (χ0v) is 11.2. The summed E-state index contributed by atoms with van der Waals surface area (Å²) in [5.41, 5.74) is 5.82. The van der Waals surface area contributed by atoms with Crippen molar-refractivity contribution < 1.29 is 19.0 Å². The quantitative estimate of drug-likeness (QED) is 0.843. The Labute approximate surface area is 119 Å². The summed E-state index contributed by atoms with van der Waals surface area (Å²) >= 11 is 5.88. The molecule has 2 rings (SSSR count). The number of anilines is 1. The van der Waals surface area contributed by atoms with E-state index < -0.39 is 11.8 Å². The summed E-state index contributed by atoms with van der Waals surface area (Å²) in [7, 11) is 0. The maximum atomic E-state index is 13.7. The normalized spacial score (nSPS) is 10.3. The molecule has 0 atom stereocenters. The molecule has 6 heteroatoms. The molecule has 0 fully saturated rings. The van der Waals surface area contributed by atoms with Gasteiger partial charge in [-0.25, -0.2) is 9.18 Å². The summed E-state index contributed by atoms with van der Waals surface area (Å²) in [6.07, 6.45) is 0. The molecule has 0 heterocycles. The minimum Gasteiger partial charge on any atom is -0.478 e. The van der Waals surface area contributed by atoms with Gasteiger partial charge in [0, 0.05) is 22.8 Å². The van der Waals surface area contributed by atoms with E-state index in [9.17, 15) is 9.18 Å². The lowest BCUT2D eigenvalue weighted by Crippen LogP contribution is -2.04. The van der Waals surface area contributed by atoms with Crippen molar-refractivity contribution in [1.82, 2.24) is 0 Å². The van der Waals surface area contributed by atoms with Gasteiger partial charge in [0.25, 0.3) is 0 Å². The van der Waals surface area contributed by atoms with Crippen LogP contribution >= 0.6 is 11.6 Å². The Morgan fingerprint density at radius 3 is 2.65 bits per heavy atom. The van der Waals surface area contributed by atoms with Crippen LogP contribution in [0.15, 0.2) is 30.3 Å². The third-order valence-corrected chi connectivity index (χ3v) is 3.12. The van der Waals surface area contributed by atoms with Crippen LogP contribution in [-0.2, 0) is 0 Å². The first kappa shape index (κ1) is 14.1. The molecule has 0 saturated heterocycles. The summed E-state index contributed by atoms with van der Waals surface area (Å²) in [5, 5.41) is 9.51. The van der Waals surface area contributed by atoms with Gasteiger partial charge < -0.3 is 15.6 Å². The van der Waals surface area contributed by atoms with E-state index in [-0.39, 0.29) is 17.0 Å². The van der Waals surface area contributed by atoms with E-state index in [1.165, 1.54) is 0 Å². The van der Waals surface area contributed by atoms with Gasteiger partial charge in [-0.1, -0.05) is 11.6 Å². The first-order chi connectivity index (χ1) is 9.38. The monoisotopic (exact) mass is 295 g/mol. The molecule has 0 aliphatic rings. The molecular weight excluding hydrogens is 285 g/mol. The van der Waals surface area contributed by atoms with Gasteiger partial charge in [-0.15, -0.1) is 0 Å². The van der Waals surface area contributed by atoms with Crippen LogP contribution in [0.1, 0.15) is 15.9 Å². The van der Waals surface area contributed by atoms with Crippen molar-refractivity contribution in [1.29, 1.82) is 0 Å². The summed E-state index contributed by atoms with van der Waals surface area (Å²) in [6.45, 7) is 1.78. The number of hydrogen-bond acceptors (Lipinski definition) is 3. The molecule has 0 bridgehead atoms. The van der Waals surface area contributed by atoms with E-state index in [4.69, 9.17) is 27.2 Å². The average molecular weight is 296 g/mol. The third-order valence-electron chi connectivity index (χ3n) is 2.69. The highest BCUT2D eigenvalue weighted by Gasteiger charge is 2.15. The Morgan fingerprint density at radius 1 is 1.35 bits per heavy atom. The largest absolute Gasteiger partial charge is 0.478 e. The molecule has 3 N–H and O–H groups in total. The van der Waals surface area contributed by atoms with Crippen LogP contribution < -0.4 is 10.5 Å². The van der Waals surface area contributed by atoms with Crippen molar-refractivity contribution in [2.45, 2.75) is 6.92 Å². The molecular formula is C14H11ClFNO3. The average Bonchev–Trinajstić information content (AvgIpc) is 2.36. The van der Waals surface area contributed by atoms with Gasteiger partial charge in [0.1, 0.15) is 5.75 Å². The van der Waals surface area contributed by atoms with E-state index >= 15 is 0 Å². The summed E-state index contributed by atoms with van der Waals surface area (Å²) in [6, 6.07) is 6.77. The zero-order chi connectivity index (χ0) is 14.9. The van der Waals surface area contributed by atoms with Crippen LogP contribution in [0, 0.1) is 12.7 Å². The molecule has 0 aliphatic heterocycles. The van der Waals surface area contributed by atoms with Gasteiger partial charge in [0.05, 0.1) is 5.56 Å². The van der Waals surface area contributed by atoms with E-state index in [1.807, 2.05) is 0 Å². The fourth-order valence-corrected chi connectivity index (χ4v) is 1.76. The van der Waals surface area contributed by atoms with Gasteiger partial charge in [-0.3, -0.25) is 0 Å². The number of halogens is 2. The number of aromatic carboxylic acids is 1. The Balaban J connectivity index is 2.40. The van der Waals surface area contributed by atoms with Crippen LogP contribution in [-0.4, -0.2) is 11.1 Å². The van der Waals surface area contributed by atoms with E-state index in [0.717, 1.165) is 17.7 Å². The number of carbonyl (C=O) groups is 1. The van der Waals surface area contributed by atoms with Crippen LogP contribution in [0.2, 0.25) is 5.02 Å². The van der Waals surface area contributed by atoms with Gasteiger partial charge in [-0.2, -0.15) is 0 Å². The lowest BCUT2D eigenvalue weighted by atomic mass is 10.1. The predicted molar refractivity (Wildman–Crippen MR) is 74.0 cm³/mol. The van der Waals surface area contributed by atoms with E-state index in [2.05, 4.69) is 0 Å². The molecule has 0 unspecified atom stereocenters. The zero-order valence-electron chi connectivity index (χ0n) is 10.5. The number of hydrogen-bond donors (Lipinski definition) is 2. The Bertz CT molecular complexity index is 688. The van der Waals surface area contributed by atoms with Crippen LogP contribution in [0.25, 0.3) is 0 Å². The van der Waals surface area contributed by atoms with Crippen molar-refractivity contribution in [3.05, 3.63) is 52.3 Å². The second-order valence-corrected chi connectivity index (χ2v) is 4.60. The molecule has 0 aromatic heterocycles. The summed E-state index contributed by atoms with van der Waals surface area (Å²) < 4.78 is 19.1. The Morgan fingerprint density at radius 2 is 2.05 bits per heavy atom. The molecule has 2 aromatic carbocycles. The molecule has 0 aliphatic carbocycles. The minimum absolute atomic E-state index is 0.158. The first-order valence-electron chi connectivity index (χ1n) is 5.65. The first-order valence-corrected chi connectivity index (χ1v) is 6.02. The van der Waals surface area contributed by atoms with Gasteiger partial charge in [0.2, 0.25) is 0 Å². The standard InChI is InChI=1S/C14H11ClFNO3/c1-7-4-8(2-3-10(7)15)20-13-5-9(14(18)19)12(17)6-11(13)16/h2-6H,17H2,1H3,(H,18,19). The summed E-state index contributed by atoms with van der Waals surface area (Å²) in [4.78, 5) is 11.0. The predicted octanol–water partition coefficient (Wildman–Crippen LogP) is 3.86. The van der Waals surface area contributed by atoms with Crippen molar-refractivity contribution in [3.63, 3.8) is 0 Å². The molecule has 4 nitrogen and oxygen atoms in total. The second-order valence-electron chi connectivity index (χ2n) is 4.19. The SMILES string of the molecule is Cc1cc(Oc2cc(C(=O)O)c(N)cc2F)ccc1Cl. The maximum absolute atomic E-state index is 13.7. The van der Waals surface area contributed by atoms with Crippen molar-refractivity contribution in [2.24, 2.45) is 0 Å². The number of nitrogens with two attached hydrogens (primary N) is 1. The highest BCUT2D eigenvalue weighted by atomic mass is 35.5. The fourth-order valence-electron chi connectivity index (χ4n) is 1.64. The molecule has 0 saturated carbocycles. The van der Waals surface area contributed by atoms with Crippen LogP contribution in [0.4, 0.5) is 10.1 Å².